The van der Waals surface area contributed by atoms with Gasteiger partial charge in [0.15, 0.2) is 0 Å². The van der Waals surface area contributed by atoms with Gasteiger partial charge in [-0.3, -0.25) is 9.59 Å². The fourth-order valence-corrected chi connectivity index (χ4v) is 3.52. The monoisotopic (exact) mass is 354 g/mol. The number of carboxylic acids is 1. The Bertz CT molecular complexity index is 653. The number of nitrogens with one attached hydrogen (secondary N) is 1. The summed E-state index contributed by atoms with van der Waals surface area (Å²) in [4.78, 5) is 36.8. The summed E-state index contributed by atoms with van der Waals surface area (Å²) in [6.07, 6.45) is 2.05. The number of hydrogen-bond donors (Lipinski definition) is 2. The summed E-state index contributed by atoms with van der Waals surface area (Å²) in [5, 5.41) is 11.3. The van der Waals surface area contributed by atoms with Gasteiger partial charge in [0.05, 0.1) is 17.1 Å². The minimum Gasteiger partial charge on any atom is -0.478 e. The molecule has 1 unspecified atom stereocenters. The van der Waals surface area contributed by atoms with Crippen LogP contribution in [0.15, 0.2) is 18.2 Å². The molecule has 1 aliphatic rings. The van der Waals surface area contributed by atoms with Gasteiger partial charge in [-0.15, -0.1) is 11.8 Å². The van der Waals surface area contributed by atoms with Crippen LogP contribution in [-0.4, -0.2) is 45.5 Å². The fraction of sp³-hybridized carbons (Fsp3) is 0.438. The van der Waals surface area contributed by atoms with Crippen molar-refractivity contribution in [2.75, 3.05) is 16.9 Å². The summed E-state index contributed by atoms with van der Waals surface area (Å²) < 4.78 is 13.9. The molecule has 8 heteroatoms. The zero-order valence-corrected chi connectivity index (χ0v) is 14.1. The second kappa shape index (κ2) is 8.14. The number of hydrogen-bond acceptors (Lipinski definition) is 4. The number of carbonyl (C=O) groups is 3. The van der Waals surface area contributed by atoms with Crippen LogP contribution in [0.5, 0.6) is 0 Å². The van der Waals surface area contributed by atoms with Crippen molar-refractivity contribution in [1.82, 2.24) is 4.90 Å². The van der Waals surface area contributed by atoms with E-state index in [-0.39, 0.29) is 17.2 Å². The highest BCUT2D eigenvalue weighted by Gasteiger charge is 2.34. The van der Waals surface area contributed by atoms with E-state index in [1.807, 2.05) is 6.92 Å². The average molecular weight is 354 g/mol. The maximum absolute atomic E-state index is 13.9. The van der Waals surface area contributed by atoms with Crippen molar-refractivity contribution >= 4 is 35.2 Å². The molecule has 1 aromatic carbocycles. The lowest BCUT2D eigenvalue weighted by molar-refractivity contribution is -0.136. The summed E-state index contributed by atoms with van der Waals surface area (Å²) in [5.74, 6) is -1.71. The average Bonchev–Trinajstić information content (AvgIpc) is 3.04. The number of carbonyl (C=O) groups excluding carboxylic acids is 2. The number of thioether (sulfide) groups is 1. The maximum Gasteiger partial charge on any atom is 0.335 e. The number of aromatic carboxylic acids is 1. The van der Waals surface area contributed by atoms with Crippen LogP contribution in [0.1, 0.15) is 36.5 Å². The van der Waals surface area contributed by atoms with Crippen LogP contribution in [0.25, 0.3) is 0 Å². The van der Waals surface area contributed by atoms with Gasteiger partial charge in [0.25, 0.3) is 0 Å². The van der Waals surface area contributed by atoms with E-state index >= 15 is 0 Å². The van der Waals surface area contributed by atoms with E-state index in [4.69, 9.17) is 5.11 Å². The van der Waals surface area contributed by atoms with Gasteiger partial charge in [0.2, 0.25) is 11.8 Å². The minimum atomic E-state index is -1.24. The van der Waals surface area contributed by atoms with Crippen molar-refractivity contribution in [3.05, 3.63) is 29.6 Å². The molecule has 0 radical (unpaired) electrons. The smallest absolute Gasteiger partial charge is 0.335 e. The third-order valence-electron chi connectivity index (χ3n) is 3.72. The number of amides is 2. The molecular formula is C16H19FN2O4S. The summed E-state index contributed by atoms with van der Waals surface area (Å²) >= 11 is 1.47. The maximum atomic E-state index is 13.9. The standard InChI is InChI=1S/C16H19FN2O4S/c1-2-3-4-14(20)19-9-24-8-13(19)15(21)18-12-6-5-10(16(22)23)7-11(12)17/h5-7,13H,2-4,8-9H2,1H3,(H,18,21)(H,22,23). The van der Waals surface area contributed by atoms with Crippen LogP contribution < -0.4 is 5.32 Å². The molecule has 24 heavy (non-hydrogen) atoms. The molecular weight excluding hydrogens is 335 g/mol. The van der Waals surface area contributed by atoms with Gasteiger partial charge in [-0.2, -0.15) is 0 Å². The zero-order valence-electron chi connectivity index (χ0n) is 13.3. The Hall–Kier alpha value is -2.09. The van der Waals surface area contributed by atoms with E-state index in [0.29, 0.717) is 18.1 Å². The van der Waals surface area contributed by atoms with Crippen molar-refractivity contribution in [2.24, 2.45) is 0 Å². The summed E-state index contributed by atoms with van der Waals surface area (Å²) in [6, 6.07) is 2.64. The van der Waals surface area contributed by atoms with Crippen LogP contribution in [-0.2, 0) is 9.59 Å². The molecule has 0 saturated carbocycles. The van der Waals surface area contributed by atoms with Gasteiger partial charge in [-0.25, -0.2) is 9.18 Å². The Balaban J connectivity index is 2.06. The Kier molecular flexibility index (Phi) is 6.19. The Morgan fingerprint density at radius 2 is 2.17 bits per heavy atom. The lowest BCUT2D eigenvalue weighted by Gasteiger charge is -2.23. The highest BCUT2D eigenvalue weighted by Crippen LogP contribution is 2.24. The second-order valence-corrected chi connectivity index (χ2v) is 6.47. The summed E-state index contributed by atoms with van der Waals surface area (Å²) in [5.41, 5.74) is -0.291. The largest absolute Gasteiger partial charge is 0.478 e. The third-order valence-corrected chi connectivity index (χ3v) is 4.74. The molecule has 6 nitrogen and oxygen atoms in total. The van der Waals surface area contributed by atoms with Gasteiger partial charge >= 0.3 is 5.97 Å². The molecule has 1 atom stereocenters. The van der Waals surface area contributed by atoms with Crippen molar-refractivity contribution in [3.63, 3.8) is 0 Å². The Morgan fingerprint density at radius 1 is 1.42 bits per heavy atom. The van der Waals surface area contributed by atoms with Crippen LogP contribution >= 0.6 is 11.8 Å². The highest BCUT2D eigenvalue weighted by atomic mass is 32.2. The molecule has 0 aromatic heterocycles. The molecule has 1 fully saturated rings. The minimum absolute atomic E-state index is 0.0799. The third kappa shape index (κ3) is 4.25. The van der Waals surface area contributed by atoms with Crippen LogP contribution in [0.2, 0.25) is 0 Å². The number of rotatable bonds is 6. The highest BCUT2D eigenvalue weighted by molar-refractivity contribution is 7.99. The van der Waals surface area contributed by atoms with Crippen molar-refractivity contribution in [2.45, 2.75) is 32.2 Å². The van der Waals surface area contributed by atoms with E-state index in [1.54, 1.807) is 0 Å². The number of anilines is 1. The van der Waals surface area contributed by atoms with Gasteiger partial charge in [0, 0.05) is 12.2 Å². The molecule has 1 aliphatic heterocycles. The molecule has 0 aliphatic carbocycles. The van der Waals surface area contributed by atoms with E-state index in [1.165, 1.54) is 28.8 Å². The first-order chi connectivity index (χ1) is 11.4. The first-order valence-corrected chi connectivity index (χ1v) is 8.80. The molecule has 130 valence electrons. The van der Waals surface area contributed by atoms with Crippen LogP contribution in [0, 0.1) is 5.82 Å². The Morgan fingerprint density at radius 3 is 2.79 bits per heavy atom. The van der Waals surface area contributed by atoms with E-state index in [9.17, 15) is 18.8 Å². The van der Waals surface area contributed by atoms with Gasteiger partial charge in [-0.05, 0) is 24.6 Å². The quantitative estimate of drug-likeness (QED) is 0.820. The lowest BCUT2D eigenvalue weighted by atomic mass is 10.1. The van der Waals surface area contributed by atoms with Crippen molar-refractivity contribution in [3.8, 4) is 0 Å². The lowest BCUT2D eigenvalue weighted by Crippen LogP contribution is -2.44. The van der Waals surface area contributed by atoms with Gasteiger partial charge in [0.1, 0.15) is 11.9 Å². The number of benzene rings is 1. The number of carboxylic acid groups (broad SMARTS) is 1. The van der Waals surface area contributed by atoms with Crippen LogP contribution in [0.4, 0.5) is 10.1 Å². The zero-order chi connectivity index (χ0) is 17.7. The Labute approximate surface area is 143 Å². The molecule has 1 saturated heterocycles. The molecule has 2 N–H and O–H groups in total. The number of halogens is 1. The predicted molar refractivity (Wildman–Crippen MR) is 89.5 cm³/mol. The van der Waals surface area contributed by atoms with Gasteiger partial charge < -0.3 is 15.3 Å². The number of unbranched alkanes of at least 4 members (excludes halogenated alkanes) is 1. The van der Waals surface area contributed by atoms with Gasteiger partial charge in [-0.1, -0.05) is 13.3 Å². The molecule has 2 amide bonds. The first-order valence-electron chi connectivity index (χ1n) is 7.65. The molecule has 0 spiro atoms. The number of nitrogens with zero attached hydrogens (tertiary/aromatic N) is 1. The van der Waals surface area contributed by atoms with E-state index in [2.05, 4.69) is 5.32 Å². The van der Waals surface area contributed by atoms with Crippen molar-refractivity contribution in [1.29, 1.82) is 0 Å². The topological polar surface area (TPSA) is 86.7 Å². The summed E-state index contributed by atoms with van der Waals surface area (Å²) in [7, 11) is 0. The predicted octanol–water partition coefficient (Wildman–Crippen LogP) is 2.55. The molecule has 2 rings (SSSR count). The van der Waals surface area contributed by atoms with Crippen LogP contribution in [0.3, 0.4) is 0 Å². The normalized spacial score (nSPS) is 16.9. The van der Waals surface area contributed by atoms with E-state index in [0.717, 1.165) is 18.9 Å². The summed E-state index contributed by atoms with van der Waals surface area (Å²) in [6.45, 7) is 1.99. The molecule has 1 aromatic rings. The first kappa shape index (κ1) is 18.3. The van der Waals surface area contributed by atoms with E-state index < -0.39 is 23.7 Å². The molecule has 1 heterocycles. The second-order valence-electron chi connectivity index (χ2n) is 5.47. The fourth-order valence-electron chi connectivity index (χ4n) is 2.34. The molecule has 0 bridgehead atoms. The SMILES string of the molecule is CCCCC(=O)N1CSCC1C(=O)Nc1ccc(C(=O)O)cc1F. The van der Waals surface area contributed by atoms with Crippen molar-refractivity contribution < 1.29 is 23.9 Å².